The second-order valence-electron chi connectivity index (χ2n) is 3.70. The van der Waals surface area contributed by atoms with Gasteiger partial charge in [0.25, 0.3) is 14.4 Å². The number of hydrogen-bond donors (Lipinski definition) is 2. The maximum absolute atomic E-state index is 12.9. The molecule has 0 unspecified atom stereocenters. The number of aromatic nitrogens is 2. The Kier molecular flexibility index (Phi) is 4.00. The lowest BCUT2D eigenvalue weighted by Gasteiger charge is -2.14. The van der Waals surface area contributed by atoms with Gasteiger partial charge in [0.2, 0.25) is 5.13 Å². The third-order valence-electron chi connectivity index (χ3n) is 2.18. The molecule has 0 aliphatic heterocycles. The Morgan fingerprint density at radius 2 is 1.95 bits per heavy atom. The molecule has 114 valence electrons. The van der Waals surface area contributed by atoms with Crippen LogP contribution in [0.25, 0.3) is 0 Å². The van der Waals surface area contributed by atoms with Crippen molar-refractivity contribution in [2.75, 3.05) is 10.5 Å². The van der Waals surface area contributed by atoms with E-state index in [1.54, 1.807) is 4.72 Å². The highest BCUT2D eigenvalue weighted by atomic mass is 35.5. The number of alkyl halides is 3. The maximum atomic E-state index is 12.9. The van der Waals surface area contributed by atoms with Crippen LogP contribution in [0.1, 0.15) is 5.56 Å². The average molecular weight is 359 g/mol. The summed E-state index contributed by atoms with van der Waals surface area (Å²) in [4.78, 5) is 0. The van der Waals surface area contributed by atoms with E-state index in [0.717, 1.165) is 12.1 Å². The van der Waals surface area contributed by atoms with Gasteiger partial charge in [-0.3, -0.25) is 4.72 Å². The highest BCUT2D eigenvalue weighted by Gasteiger charge is 2.35. The molecule has 2 rings (SSSR count). The van der Waals surface area contributed by atoms with Gasteiger partial charge in [0.15, 0.2) is 0 Å². The fraction of sp³-hybridized carbons (Fsp3) is 0.111. The van der Waals surface area contributed by atoms with E-state index < -0.39 is 31.8 Å². The fourth-order valence-corrected chi connectivity index (χ4v) is 3.39. The van der Waals surface area contributed by atoms with Crippen LogP contribution in [-0.2, 0) is 16.2 Å². The molecule has 1 aromatic heterocycles. The van der Waals surface area contributed by atoms with Crippen molar-refractivity contribution in [3.63, 3.8) is 0 Å². The number of sulfonamides is 1. The number of hydrogen-bond acceptors (Lipinski definition) is 6. The van der Waals surface area contributed by atoms with Crippen molar-refractivity contribution in [1.29, 1.82) is 0 Å². The van der Waals surface area contributed by atoms with E-state index in [0.29, 0.717) is 17.4 Å². The summed E-state index contributed by atoms with van der Waals surface area (Å²) in [5.41, 5.74) is 3.36. The highest BCUT2D eigenvalue weighted by molar-refractivity contribution is 7.94. The van der Waals surface area contributed by atoms with Crippen LogP contribution in [0, 0.1) is 0 Å². The van der Waals surface area contributed by atoms with Crippen LogP contribution >= 0.6 is 22.9 Å². The Bertz CT molecular complexity index is 776. The summed E-state index contributed by atoms with van der Waals surface area (Å²) in [7, 11) is -4.32. The Labute approximate surface area is 125 Å². The van der Waals surface area contributed by atoms with Gasteiger partial charge in [-0.1, -0.05) is 22.9 Å². The van der Waals surface area contributed by atoms with Crippen LogP contribution in [0.2, 0.25) is 5.02 Å². The standard InChI is InChI=1S/C9H6ClF3N4O2S2/c10-4-1-2-6(5(3-4)9(11,12)13)17-21(18,19)8-16-15-7(14)20-8/h1-3,17H,(H2,14,15). The third kappa shape index (κ3) is 3.54. The quantitative estimate of drug-likeness (QED) is 0.878. The molecular formula is C9H6ClF3N4O2S2. The van der Waals surface area contributed by atoms with Crippen molar-refractivity contribution in [3.05, 3.63) is 28.8 Å². The van der Waals surface area contributed by atoms with Crippen LogP contribution in [0.5, 0.6) is 0 Å². The maximum Gasteiger partial charge on any atom is 0.418 e. The van der Waals surface area contributed by atoms with Crippen molar-refractivity contribution in [2.45, 2.75) is 10.5 Å². The largest absolute Gasteiger partial charge is 0.418 e. The molecule has 0 aliphatic carbocycles. The van der Waals surface area contributed by atoms with Crippen molar-refractivity contribution in [3.8, 4) is 0 Å². The molecule has 0 saturated heterocycles. The van der Waals surface area contributed by atoms with E-state index in [-0.39, 0.29) is 10.2 Å². The molecule has 0 aliphatic rings. The number of nitrogens with zero attached hydrogens (tertiary/aromatic N) is 2. The van der Waals surface area contributed by atoms with E-state index in [1.807, 2.05) is 0 Å². The molecule has 0 fully saturated rings. The van der Waals surface area contributed by atoms with Crippen LogP contribution in [0.4, 0.5) is 24.0 Å². The number of rotatable bonds is 3. The lowest BCUT2D eigenvalue weighted by atomic mass is 10.2. The number of benzene rings is 1. The predicted molar refractivity (Wildman–Crippen MR) is 71.6 cm³/mol. The minimum atomic E-state index is -4.77. The molecule has 1 heterocycles. The first-order valence-electron chi connectivity index (χ1n) is 5.08. The Morgan fingerprint density at radius 1 is 1.29 bits per heavy atom. The Balaban J connectivity index is 2.45. The normalized spacial score (nSPS) is 12.4. The lowest BCUT2D eigenvalue weighted by Crippen LogP contribution is -2.17. The van der Waals surface area contributed by atoms with Gasteiger partial charge in [-0.25, -0.2) is 0 Å². The Hall–Kier alpha value is -1.59. The van der Waals surface area contributed by atoms with E-state index in [4.69, 9.17) is 17.3 Å². The molecule has 1 aromatic carbocycles. The second-order valence-corrected chi connectivity index (χ2v) is 7.00. The van der Waals surface area contributed by atoms with Gasteiger partial charge in [0.05, 0.1) is 11.3 Å². The third-order valence-corrected chi connectivity index (χ3v) is 4.90. The molecule has 0 atom stereocenters. The molecule has 12 heteroatoms. The molecule has 3 N–H and O–H groups in total. The average Bonchev–Trinajstić information content (AvgIpc) is 2.77. The van der Waals surface area contributed by atoms with Gasteiger partial charge >= 0.3 is 6.18 Å². The molecule has 0 saturated carbocycles. The smallest absolute Gasteiger partial charge is 0.374 e. The first-order chi connectivity index (χ1) is 9.59. The number of nitrogen functional groups attached to an aromatic ring is 1. The number of halogens is 4. The summed E-state index contributed by atoms with van der Waals surface area (Å²) in [5, 5.41) is 6.27. The zero-order chi connectivity index (χ0) is 15.8. The zero-order valence-corrected chi connectivity index (χ0v) is 12.2. The second kappa shape index (κ2) is 5.31. The van der Waals surface area contributed by atoms with Gasteiger partial charge in [-0.05, 0) is 18.2 Å². The van der Waals surface area contributed by atoms with Crippen molar-refractivity contribution < 1.29 is 21.6 Å². The van der Waals surface area contributed by atoms with Gasteiger partial charge in [-0.2, -0.15) is 21.6 Å². The summed E-state index contributed by atoms with van der Waals surface area (Å²) >= 11 is 6.03. The van der Waals surface area contributed by atoms with E-state index in [2.05, 4.69) is 10.2 Å². The van der Waals surface area contributed by atoms with Gasteiger partial charge in [-0.15, -0.1) is 10.2 Å². The number of nitrogens with two attached hydrogens (primary N) is 1. The number of nitrogens with one attached hydrogen (secondary N) is 1. The van der Waals surface area contributed by atoms with Crippen molar-refractivity contribution >= 4 is 43.8 Å². The van der Waals surface area contributed by atoms with E-state index in [1.165, 1.54) is 0 Å². The van der Waals surface area contributed by atoms with Crippen LogP contribution in [0.3, 0.4) is 0 Å². The van der Waals surface area contributed by atoms with E-state index in [9.17, 15) is 21.6 Å². The Morgan fingerprint density at radius 3 is 2.48 bits per heavy atom. The van der Waals surface area contributed by atoms with Crippen molar-refractivity contribution in [1.82, 2.24) is 10.2 Å². The summed E-state index contributed by atoms with van der Waals surface area (Å²) in [6.07, 6.45) is -4.77. The van der Waals surface area contributed by atoms with Crippen LogP contribution in [-0.4, -0.2) is 18.6 Å². The molecule has 0 spiro atoms. The van der Waals surface area contributed by atoms with Crippen LogP contribution in [0.15, 0.2) is 22.5 Å². The minimum Gasteiger partial charge on any atom is -0.374 e. The van der Waals surface area contributed by atoms with Crippen molar-refractivity contribution in [2.24, 2.45) is 0 Å². The zero-order valence-electron chi connectivity index (χ0n) is 9.85. The monoisotopic (exact) mass is 358 g/mol. The summed E-state index contributed by atoms with van der Waals surface area (Å²) in [6, 6.07) is 2.66. The first-order valence-corrected chi connectivity index (χ1v) is 7.76. The van der Waals surface area contributed by atoms with Gasteiger partial charge in [0.1, 0.15) is 0 Å². The molecule has 2 aromatic rings. The van der Waals surface area contributed by atoms with Gasteiger partial charge in [0, 0.05) is 5.02 Å². The summed E-state index contributed by atoms with van der Waals surface area (Å²) < 4.78 is 63.7. The molecule has 21 heavy (non-hydrogen) atoms. The molecule has 0 bridgehead atoms. The molecule has 6 nitrogen and oxygen atoms in total. The first kappa shape index (κ1) is 15.8. The topological polar surface area (TPSA) is 98.0 Å². The lowest BCUT2D eigenvalue weighted by molar-refractivity contribution is -0.136. The fourth-order valence-electron chi connectivity index (χ4n) is 1.36. The van der Waals surface area contributed by atoms with Gasteiger partial charge < -0.3 is 5.73 Å². The molecule has 0 amide bonds. The van der Waals surface area contributed by atoms with E-state index >= 15 is 0 Å². The summed E-state index contributed by atoms with van der Waals surface area (Å²) in [6.45, 7) is 0. The minimum absolute atomic E-state index is 0.123. The number of anilines is 2. The molecular weight excluding hydrogens is 353 g/mol. The van der Waals surface area contributed by atoms with Crippen LogP contribution < -0.4 is 10.5 Å². The highest BCUT2D eigenvalue weighted by Crippen LogP contribution is 2.37. The summed E-state index contributed by atoms with van der Waals surface area (Å²) in [5.74, 6) is 0. The SMILES string of the molecule is Nc1nnc(S(=O)(=O)Nc2ccc(Cl)cc2C(F)(F)F)s1. The predicted octanol–water partition coefficient (Wildman–Crippen LogP) is 2.59. The molecule has 0 radical (unpaired) electrons.